The van der Waals surface area contributed by atoms with Crippen LogP contribution in [-0.2, 0) is 66.3 Å². The second kappa shape index (κ2) is 35.7. The van der Waals surface area contributed by atoms with Crippen LogP contribution in [0.25, 0.3) is 21.8 Å². The first-order chi connectivity index (χ1) is 56.2. The summed E-state index contributed by atoms with van der Waals surface area (Å²) in [6.45, 7) is 28.2. The van der Waals surface area contributed by atoms with Crippen LogP contribution in [-0.4, -0.2) is 260 Å². The molecule has 0 aliphatic carbocycles. The molecule has 10 heterocycles. The Labute approximate surface area is 684 Å². The third-order valence-corrected chi connectivity index (χ3v) is 27.4. The molecule has 0 radical (unpaired) electrons. The molecule has 0 saturated carbocycles. The molecule has 4 aromatic heterocycles. The largest absolute Gasteiger partial charge is 0.492 e. The molecule has 628 valence electrons. The van der Waals surface area contributed by atoms with Crippen LogP contribution in [0.15, 0.2) is 83.1 Å². The van der Waals surface area contributed by atoms with Crippen molar-refractivity contribution in [1.82, 2.24) is 80.4 Å². The summed E-state index contributed by atoms with van der Waals surface area (Å²) in [5, 5.41) is 32.5. The van der Waals surface area contributed by atoms with Gasteiger partial charge < -0.3 is 55.1 Å². The van der Waals surface area contributed by atoms with Gasteiger partial charge in [0.15, 0.2) is 31.3 Å². The molecule has 2 unspecified atom stereocenters. The van der Waals surface area contributed by atoms with Gasteiger partial charge in [0.1, 0.15) is 70.9 Å². The number of anilines is 6. The predicted octanol–water partition coefficient (Wildman–Crippen LogP) is 6.55. The molecule has 35 nitrogen and oxygen atoms in total. The Bertz CT molecular complexity index is 5430. The van der Waals surface area contributed by atoms with Crippen molar-refractivity contribution in [3.63, 3.8) is 0 Å². The number of aromatic nitrogens is 8. The lowest BCUT2D eigenvalue weighted by molar-refractivity contribution is -0.138. The molecular formula is C81H102N20O15S2. The number of sulfone groups is 2. The van der Waals surface area contributed by atoms with Gasteiger partial charge in [-0.05, 0) is 138 Å². The molecule has 8 N–H and O–H groups in total. The van der Waals surface area contributed by atoms with Crippen molar-refractivity contribution in [2.24, 2.45) is 0 Å². The quantitative estimate of drug-likeness (QED) is 0.0190. The number of carbonyl (C=O) groups excluding carboxylic acids is 8. The van der Waals surface area contributed by atoms with Gasteiger partial charge in [0.2, 0.25) is 35.4 Å². The van der Waals surface area contributed by atoms with Crippen LogP contribution in [0.1, 0.15) is 141 Å². The Morgan fingerprint density at radius 2 is 0.924 bits per heavy atom. The molecule has 6 aliphatic rings. The Morgan fingerprint density at radius 1 is 0.508 bits per heavy atom. The number of nitrogens with zero attached hydrogens (tertiary/aromatic N) is 12. The second-order valence-electron chi connectivity index (χ2n) is 32.3. The maximum atomic E-state index is 13.9. The van der Waals surface area contributed by atoms with Crippen molar-refractivity contribution in [3.05, 3.63) is 118 Å². The number of imide groups is 2. The van der Waals surface area contributed by atoms with Gasteiger partial charge in [0, 0.05) is 183 Å². The number of piperazine rings is 2. The summed E-state index contributed by atoms with van der Waals surface area (Å²) in [4.78, 5) is 130. The van der Waals surface area contributed by atoms with E-state index in [4.69, 9.17) is 14.2 Å². The lowest BCUT2D eigenvalue weighted by atomic mass is 10.0. The van der Waals surface area contributed by atoms with Gasteiger partial charge in [0.05, 0.1) is 33.7 Å². The van der Waals surface area contributed by atoms with Crippen LogP contribution in [0.3, 0.4) is 0 Å². The summed E-state index contributed by atoms with van der Waals surface area (Å²) in [5.74, 6) is -0.176. The number of hydrogen-bond donors (Lipinski definition) is 8. The molecule has 0 bridgehead atoms. The first-order valence-electron chi connectivity index (χ1n) is 39.7. The van der Waals surface area contributed by atoms with Gasteiger partial charge in [0.25, 0.3) is 11.8 Å². The van der Waals surface area contributed by atoms with E-state index in [2.05, 4.69) is 91.8 Å². The average molecular weight is 1660 g/mol. The van der Waals surface area contributed by atoms with E-state index >= 15 is 0 Å². The fourth-order valence-electron chi connectivity index (χ4n) is 14.9. The van der Waals surface area contributed by atoms with Crippen molar-refractivity contribution < 1.29 is 69.4 Å². The average Bonchev–Trinajstić information content (AvgIpc) is 0.925. The molecule has 37 heteroatoms. The maximum Gasteiger partial charge on any atom is 0.255 e. The number of amides is 8. The van der Waals surface area contributed by atoms with E-state index < -0.39 is 53.1 Å². The summed E-state index contributed by atoms with van der Waals surface area (Å²) in [5.41, 5.74) is 7.96. The molecule has 8 aromatic rings. The smallest absolute Gasteiger partial charge is 0.255 e. The first kappa shape index (κ1) is 84.9. The topological polar surface area (TPSA) is 433 Å². The number of nitrogens with one attached hydrogen (secondary N) is 8. The molecule has 14 rings (SSSR count). The molecule has 8 amide bonds. The van der Waals surface area contributed by atoms with Crippen molar-refractivity contribution in [2.75, 3.05) is 126 Å². The Kier molecular flexibility index (Phi) is 25.7. The predicted molar refractivity (Wildman–Crippen MR) is 439 cm³/mol. The Balaban J connectivity index is 0.000000205. The number of aryl methyl sites for hydroxylation is 2. The Morgan fingerprint density at radius 3 is 1.35 bits per heavy atom. The van der Waals surface area contributed by atoms with E-state index in [9.17, 15) is 55.2 Å². The van der Waals surface area contributed by atoms with Crippen LogP contribution in [0, 0.1) is 27.7 Å². The standard InChI is InChI=1S/C41H52N10O8S.C40H50N10O7S/c1-25-26(2)47-48-37(25)46-38-28-20-34(60(56,57)41(3,4)5)33(21-31(28)42-24-43-38)59-18-7-12-49-13-15-50(16-14-49)17-19-58-23-36(53)44-30-9-6-8-27-29(30)22-51(40(27)55)32-10-11-35(52)45-39(32)54;1-24-25(2)46-47-36(24)45-37-27-20-33(58(55,56)40(3,4)5)32(21-30(27)41-23-42-37)57-19-18-49-16-14-48(15-17-49)13-7-10-34(51)43-29-9-6-8-26-28(29)22-50(39(26)54)31-11-12-35(52)44-38(31)53/h6,8-9,20-21,24,32H,7,10-19,22-23H2,1-5H3,(H,44,53)(H,45,52,54)(H2,42,43,46,47,48);6,8-9,20-21,23,31H,7,10-19,22H2,1-5H3,(H,43,51)(H,44,52,53)(H2,41,42,45,46,47). The number of H-pyrrole nitrogens is 2. The number of piperidine rings is 2. The van der Waals surface area contributed by atoms with E-state index in [0.717, 1.165) is 88.0 Å². The summed E-state index contributed by atoms with van der Waals surface area (Å²) in [7, 11) is -7.63. The van der Waals surface area contributed by atoms with Crippen molar-refractivity contribution in [1.29, 1.82) is 0 Å². The lowest BCUT2D eigenvalue weighted by Crippen LogP contribution is -2.52. The van der Waals surface area contributed by atoms with E-state index in [0.29, 0.717) is 124 Å². The second-order valence-corrected chi connectivity index (χ2v) is 37.7. The minimum Gasteiger partial charge on any atom is -0.492 e. The zero-order chi connectivity index (χ0) is 84.1. The highest BCUT2D eigenvalue weighted by atomic mass is 32.2. The van der Waals surface area contributed by atoms with Gasteiger partial charge in [-0.25, -0.2) is 36.8 Å². The molecule has 0 spiro atoms. The minimum absolute atomic E-state index is 0.0773. The summed E-state index contributed by atoms with van der Waals surface area (Å²) in [6.07, 6.45) is 5.36. The third kappa shape index (κ3) is 18.9. The zero-order valence-electron chi connectivity index (χ0n) is 68.1. The highest BCUT2D eigenvalue weighted by Crippen LogP contribution is 2.41. The molecule has 4 fully saturated rings. The van der Waals surface area contributed by atoms with Gasteiger partial charge in [-0.1, -0.05) is 12.1 Å². The van der Waals surface area contributed by atoms with Crippen LogP contribution in [0.2, 0.25) is 0 Å². The highest BCUT2D eigenvalue weighted by Gasteiger charge is 2.43. The van der Waals surface area contributed by atoms with E-state index in [1.807, 2.05) is 27.7 Å². The van der Waals surface area contributed by atoms with Crippen LogP contribution >= 0.6 is 0 Å². The number of rotatable bonds is 28. The SMILES string of the molecule is Cc1[nH]nc(Nc2ncnc3cc(OCCCN4CCN(CCOCC(=O)Nc5cccc6c5CN(C5CCC(=O)NC5=O)C6=O)CC4)c(S(=O)(=O)C(C)(C)C)cc23)c1C.Cc1[nH]nc(Nc2ncnc3cc(OCCN4CCN(CCCC(=O)Nc5cccc6c5CN(C5CCC(=O)NC5=O)C6=O)CC4)c(S(=O)(=O)C(C)(C)C)cc23)c1C. The van der Waals surface area contributed by atoms with Gasteiger partial charge >= 0.3 is 0 Å². The lowest BCUT2D eigenvalue weighted by Gasteiger charge is -2.34. The number of fused-ring (bicyclic) bond motifs is 4. The minimum atomic E-state index is -3.82. The summed E-state index contributed by atoms with van der Waals surface area (Å²) in [6, 6.07) is 15.3. The van der Waals surface area contributed by atoms with E-state index in [-0.39, 0.29) is 109 Å². The van der Waals surface area contributed by atoms with Crippen molar-refractivity contribution in [2.45, 2.75) is 159 Å². The summed E-state index contributed by atoms with van der Waals surface area (Å²) < 4.78 is 71.4. The first-order valence-corrected chi connectivity index (χ1v) is 42.7. The highest BCUT2D eigenvalue weighted by molar-refractivity contribution is 7.93. The van der Waals surface area contributed by atoms with Crippen molar-refractivity contribution >= 4 is 123 Å². The van der Waals surface area contributed by atoms with Crippen molar-refractivity contribution in [3.8, 4) is 11.5 Å². The molecule has 4 aromatic carbocycles. The molecule has 118 heavy (non-hydrogen) atoms. The van der Waals surface area contributed by atoms with Gasteiger partial charge in [-0.15, -0.1) is 0 Å². The van der Waals surface area contributed by atoms with E-state index in [1.165, 1.54) is 22.5 Å². The number of hydrogen-bond acceptors (Lipinski definition) is 27. The summed E-state index contributed by atoms with van der Waals surface area (Å²) >= 11 is 0. The van der Waals surface area contributed by atoms with Crippen LogP contribution < -0.4 is 41.4 Å². The monoisotopic (exact) mass is 1660 g/mol. The Hall–Kier alpha value is -11.0. The number of aromatic amines is 2. The van der Waals surface area contributed by atoms with Gasteiger partial charge in [-0.3, -0.25) is 69.0 Å². The van der Waals surface area contributed by atoms with Gasteiger partial charge in [-0.2, -0.15) is 10.2 Å². The third-order valence-electron chi connectivity index (χ3n) is 22.4. The number of ether oxygens (including phenoxy) is 3. The normalized spacial score (nSPS) is 17.9. The zero-order valence-corrected chi connectivity index (χ0v) is 69.7. The number of benzene rings is 4. The molecule has 2 atom stereocenters. The van der Waals surface area contributed by atoms with Crippen LogP contribution in [0.4, 0.5) is 34.6 Å². The number of carbonyl (C=O) groups is 8. The van der Waals surface area contributed by atoms with E-state index in [1.54, 1.807) is 102 Å². The van der Waals surface area contributed by atoms with Crippen LogP contribution in [0.5, 0.6) is 11.5 Å². The fourth-order valence-corrected chi connectivity index (χ4v) is 17.6. The fraction of sp³-hybridized carbons (Fsp3) is 0.481. The maximum absolute atomic E-state index is 13.9. The molecule has 4 saturated heterocycles. The molecule has 6 aliphatic heterocycles. The molecular weight excluding hydrogens is 1560 g/mol.